The summed E-state index contributed by atoms with van der Waals surface area (Å²) in [6.45, 7) is 21.5. The maximum Gasteiger partial charge on any atom is 0.303 e. The van der Waals surface area contributed by atoms with E-state index >= 15 is 0 Å². The molecule has 4 nitrogen and oxygen atoms in total. The molecule has 0 aliphatic heterocycles. The minimum atomic E-state index is -1.82. The summed E-state index contributed by atoms with van der Waals surface area (Å²) in [5.41, 5.74) is 0.538. The maximum atomic E-state index is 12.1. The van der Waals surface area contributed by atoms with Crippen LogP contribution in [0.25, 0.3) is 0 Å². The molecule has 4 fully saturated rings. The van der Waals surface area contributed by atoms with Crippen molar-refractivity contribution in [1.82, 2.24) is 0 Å². The zero-order valence-electron chi connectivity index (χ0n) is 25.5. The Morgan fingerprint density at radius 1 is 1.03 bits per heavy atom. The van der Waals surface area contributed by atoms with Gasteiger partial charge in [-0.25, -0.2) is 0 Å². The van der Waals surface area contributed by atoms with Crippen molar-refractivity contribution >= 4 is 14.3 Å². The van der Waals surface area contributed by atoms with Crippen molar-refractivity contribution < 1.29 is 19.4 Å². The van der Waals surface area contributed by atoms with Gasteiger partial charge in [0.1, 0.15) is 0 Å². The van der Waals surface area contributed by atoms with E-state index in [2.05, 4.69) is 61.6 Å². The average molecular weight is 535 g/mol. The molecule has 0 amide bonds. The SMILES string of the molecule is CC[C@H]1[C@@H](O)[C@@H]2[C@H](CC[C@]3(C)[C@@H]([C@H](C)CCC(=O)O)CC[C@@H]23)[C@@]2(C)CCC(O[Si](C)(C)C(C)(C)C)C[C@@H]12. The highest BCUT2D eigenvalue weighted by atomic mass is 28.4. The van der Waals surface area contributed by atoms with Gasteiger partial charge >= 0.3 is 5.97 Å². The zero-order valence-corrected chi connectivity index (χ0v) is 26.5. The van der Waals surface area contributed by atoms with E-state index in [9.17, 15) is 15.0 Å². The van der Waals surface area contributed by atoms with Crippen molar-refractivity contribution in [2.24, 2.45) is 52.3 Å². The van der Waals surface area contributed by atoms with Gasteiger partial charge in [0.15, 0.2) is 8.32 Å². The summed E-state index contributed by atoms with van der Waals surface area (Å²) >= 11 is 0. The molecule has 4 aliphatic carbocycles. The van der Waals surface area contributed by atoms with Gasteiger partial charge in [0.05, 0.1) is 6.10 Å². The number of fused-ring (bicyclic) bond motifs is 5. The molecule has 1 unspecified atom stereocenters. The van der Waals surface area contributed by atoms with E-state index in [0.29, 0.717) is 52.9 Å². The van der Waals surface area contributed by atoms with Crippen LogP contribution in [0, 0.1) is 52.3 Å². The van der Waals surface area contributed by atoms with Crippen LogP contribution in [-0.2, 0) is 9.22 Å². The van der Waals surface area contributed by atoms with Gasteiger partial charge in [-0.1, -0.05) is 54.9 Å². The fraction of sp³-hybridized carbons (Fsp3) is 0.969. The molecule has 0 bridgehead atoms. The summed E-state index contributed by atoms with van der Waals surface area (Å²) in [5.74, 6) is 2.86. The van der Waals surface area contributed by atoms with E-state index in [1.165, 1.54) is 38.5 Å². The predicted molar refractivity (Wildman–Crippen MR) is 154 cm³/mol. The molecule has 11 atom stereocenters. The molecule has 0 saturated heterocycles. The Bertz CT molecular complexity index is 835. The quantitative estimate of drug-likeness (QED) is 0.323. The molecule has 4 saturated carbocycles. The van der Waals surface area contributed by atoms with Crippen molar-refractivity contribution in [3.8, 4) is 0 Å². The van der Waals surface area contributed by atoms with Gasteiger partial charge in [0, 0.05) is 12.5 Å². The van der Waals surface area contributed by atoms with E-state index in [1.54, 1.807) is 0 Å². The summed E-state index contributed by atoms with van der Waals surface area (Å²) in [5, 5.41) is 21.6. The van der Waals surface area contributed by atoms with Gasteiger partial charge in [-0.2, -0.15) is 0 Å². The number of aliphatic hydroxyl groups is 1. The number of carboxylic acid groups (broad SMARTS) is 1. The second kappa shape index (κ2) is 10.2. The predicted octanol–water partition coefficient (Wildman–Crippen LogP) is 8.14. The van der Waals surface area contributed by atoms with E-state index in [1.807, 2.05) is 0 Å². The lowest BCUT2D eigenvalue weighted by molar-refractivity contribution is -0.202. The minimum Gasteiger partial charge on any atom is -0.481 e. The normalized spacial score (nSPS) is 45.0. The van der Waals surface area contributed by atoms with Gasteiger partial charge < -0.3 is 14.6 Å². The van der Waals surface area contributed by atoms with Crippen LogP contribution in [0.1, 0.15) is 113 Å². The lowest BCUT2D eigenvalue weighted by atomic mass is 9.41. The van der Waals surface area contributed by atoms with Crippen LogP contribution in [0.3, 0.4) is 0 Å². The second-order valence-electron chi connectivity index (χ2n) is 15.9. The number of rotatable bonds is 7. The topological polar surface area (TPSA) is 66.8 Å². The molecule has 4 rings (SSSR count). The molecule has 0 radical (unpaired) electrons. The van der Waals surface area contributed by atoms with Crippen LogP contribution >= 0.6 is 0 Å². The first-order chi connectivity index (χ1) is 17.1. The Morgan fingerprint density at radius 3 is 2.24 bits per heavy atom. The fourth-order valence-corrected chi connectivity index (χ4v) is 11.6. The fourth-order valence-electron chi connectivity index (χ4n) is 10.2. The van der Waals surface area contributed by atoms with Crippen LogP contribution in [0.4, 0.5) is 0 Å². The van der Waals surface area contributed by atoms with Gasteiger partial charge in [0.25, 0.3) is 0 Å². The first-order valence-electron chi connectivity index (χ1n) is 15.6. The Labute approximate surface area is 228 Å². The summed E-state index contributed by atoms with van der Waals surface area (Å²) in [6, 6.07) is 0. The number of carboxylic acids is 1. The first-order valence-corrected chi connectivity index (χ1v) is 18.5. The highest BCUT2D eigenvalue weighted by Crippen LogP contribution is 2.69. The van der Waals surface area contributed by atoms with E-state index in [4.69, 9.17) is 4.43 Å². The summed E-state index contributed by atoms with van der Waals surface area (Å²) in [6.07, 6.45) is 10.7. The zero-order chi connectivity index (χ0) is 27.6. The molecular weight excluding hydrogens is 476 g/mol. The van der Waals surface area contributed by atoms with Crippen LogP contribution in [0.15, 0.2) is 0 Å². The summed E-state index contributed by atoms with van der Waals surface area (Å²) < 4.78 is 6.98. The minimum absolute atomic E-state index is 0.211. The van der Waals surface area contributed by atoms with Gasteiger partial charge in [-0.05, 0) is 122 Å². The third-order valence-corrected chi connectivity index (χ3v) is 17.7. The monoisotopic (exact) mass is 534 g/mol. The molecule has 214 valence electrons. The van der Waals surface area contributed by atoms with Gasteiger partial charge in [-0.3, -0.25) is 4.79 Å². The largest absolute Gasteiger partial charge is 0.481 e. The highest BCUT2D eigenvalue weighted by molar-refractivity contribution is 6.74. The van der Waals surface area contributed by atoms with Crippen molar-refractivity contribution in [3.63, 3.8) is 0 Å². The molecule has 0 aromatic carbocycles. The van der Waals surface area contributed by atoms with Gasteiger partial charge in [0.2, 0.25) is 0 Å². The third kappa shape index (κ3) is 5.01. The molecule has 0 heterocycles. The van der Waals surface area contributed by atoms with Crippen molar-refractivity contribution in [2.75, 3.05) is 0 Å². The molecule has 37 heavy (non-hydrogen) atoms. The number of aliphatic carboxylic acids is 1. The number of aliphatic hydroxyl groups excluding tert-OH is 1. The van der Waals surface area contributed by atoms with Crippen LogP contribution in [-0.4, -0.2) is 36.7 Å². The van der Waals surface area contributed by atoms with Gasteiger partial charge in [-0.15, -0.1) is 0 Å². The number of hydrogen-bond acceptors (Lipinski definition) is 3. The summed E-state index contributed by atoms with van der Waals surface area (Å²) in [7, 11) is -1.82. The Kier molecular flexibility index (Phi) is 8.17. The van der Waals surface area contributed by atoms with Crippen LogP contribution in [0.5, 0.6) is 0 Å². The maximum absolute atomic E-state index is 12.1. The van der Waals surface area contributed by atoms with Crippen molar-refractivity contribution in [1.29, 1.82) is 0 Å². The number of hydrogen-bond donors (Lipinski definition) is 2. The average Bonchev–Trinajstić information content (AvgIpc) is 3.15. The molecular formula is C32H58O4Si. The van der Waals surface area contributed by atoms with Crippen LogP contribution < -0.4 is 0 Å². The van der Waals surface area contributed by atoms with E-state index in [0.717, 1.165) is 19.3 Å². The summed E-state index contributed by atoms with van der Waals surface area (Å²) in [4.78, 5) is 11.3. The first kappa shape index (κ1) is 29.6. The molecule has 0 spiro atoms. The van der Waals surface area contributed by atoms with E-state index in [-0.39, 0.29) is 23.0 Å². The third-order valence-electron chi connectivity index (χ3n) is 13.2. The lowest BCUT2D eigenvalue weighted by Crippen LogP contribution is -2.62. The lowest BCUT2D eigenvalue weighted by Gasteiger charge is -2.65. The standard InChI is InChI=1S/C32H58O4Si/c1-10-22-26-19-21(36-37(8,9)30(3,4)5)15-17-32(26,7)25-16-18-31(6)23(20(2)11-14-27(33)34)12-13-24(31)28(25)29(22)35/h20-26,28-29,35H,10-19H2,1-9H3,(H,33,34)/t20-,21?,22-,23-,24+,25+,26+,28+,29-,31-,32-/m1/s1. The Hall–Kier alpha value is -0.393. The molecule has 0 aromatic rings. The van der Waals surface area contributed by atoms with E-state index < -0.39 is 14.3 Å². The smallest absolute Gasteiger partial charge is 0.303 e. The second-order valence-corrected chi connectivity index (χ2v) is 20.6. The Morgan fingerprint density at radius 2 is 1.65 bits per heavy atom. The molecule has 2 N–H and O–H groups in total. The highest BCUT2D eigenvalue weighted by Gasteiger charge is 2.65. The molecule has 0 aromatic heterocycles. The molecule has 5 heteroatoms. The Balaban J connectivity index is 1.56. The molecule has 4 aliphatic rings. The number of carbonyl (C=O) groups is 1. The van der Waals surface area contributed by atoms with Crippen molar-refractivity contribution in [2.45, 2.75) is 143 Å². The van der Waals surface area contributed by atoms with Crippen LogP contribution in [0.2, 0.25) is 18.1 Å². The van der Waals surface area contributed by atoms with Crippen molar-refractivity contribution in [3.05, 3.63) is 0 Å².